The number of hydrogen-bond acceptors (Lipinski definition) is 2. The van der Waals surface area contributed by atoms with E-state index in [1.54, 1.807) is 24.3 Å². The van der Waals surface area contributed by atoms with Gasteiger partial charge in [0.1, 0.15) is 0 Å². The van der Waals surface area contributed by atoms with Crippen molar-refractivity contribution in [2.24, 2.45) is 0 Å². The van der Waals surface area contributed by atoms with E-state index >= 15 is 0 Å². The van der Waals surface area contributed by atoms with Gasteiger partial charge in [0, 0.05) is 37.3 Å². The van der Waals surface area contributed by atoms with Crippen LogP contribution in [0.4, 0.5) is 0 Å². The lowest BCUT2D eigenvalue weighted by atomic mass is 9.99. The van der Waals surface area contributed by atoms with Crippen LogP contribution in [0.1, 0.15) is 44.3 Å². The zero-order valence-corrected chi connectivity index (χ0v) is 17.3. The van der Waals surface area contributed by atoms with E-state index in [1.807, 2.05) is 59.2 Å². The molecule has 4 rings (SSSR count). The Morgan fingerprint density at radius 2 is 1.47 bits per heavy atom. The van der Waals surface area contributed by atoms with Gasteiger partial charge in [-0.25, -0.2) is 0 Å². The number of nitrogens with zero attached hydrogens (tertiary/aromatic N) is 2. The van der Waals surface area contributed by atoms with Gasteiger partial charge in [0.15, 0.2) is 0 Å². The van der Waals surface area contributed by atoms with Crippen molar-refractivity contribution in [2.45, 2.75) is 26.4 Å². The molecule has 3 aromatic rings. The van der Waals surface area contributed by atoms with Gasteiger partial charge in [0.2, 0.25) is 0 Å². The zero-order chi connectivity index (χ0) is 20.9. The molecule has 0 aromatic heterocycles. The van der Waals surface area contributed by atoms with Crippen LogP contribution in [0.15, 0.2) is 78.9 Å². The topological polar surface area (TPSA) is 40.6 Å². The Hall–Kier alpha value is -3.40. The van der Waals surface area contributed by atoms with Gasteiger partial charge in [0.25, 0.3) is 11.8 Å². The molecule has 0 aliphatic carbocycles. The lowest BCUT2D eigenvalue weighted by Gasteiger charge is -2.29. The summed E-state index contributed by atoms with van der Waals surface area (Å²) in [6, 6.07) is 25.3. The van der Waals surface area contributed by atoms with E-state index in [-0.39, 0.29) is 11.8 Å². The summed E-state index contributed by atoms with van der Waals surface area (Å²) in [4.78, 5) is 29.6. The number of carbonyl (C=O) groups is 2. The monoisotopic (exact) mass is 398 g/mol. The minimum atomic E-state index is -0.0211. The van der Waals surface area contributed by atoms with Gasteiger partial charge in [-0.2, -0.15) is 0 Å². The summed E-state index contributed by atoms with van der Waals surface area (Å²) in [5, 5.41) is 0. The van der Waals surface area contributed by atoms with E-state index in [0.717, 1.165) is 18.5 Å². The molecule has 4 heteroatoms. The van der Waals surface area contributed by atoms with Crippen molar-refractivity contribution in [2.75, 3.05) is 13.1 Å². The van der Waals surface area contributed by atoms with E-state index in [4.69, 9.17) is 0 Å². The molecule has 0 spiro atoms. The van der Waals surface area contributed by atoms with Crippen LogP contribution < -0.4 is 0 Å². The second kappa shape index (κ2) is 8.95. The normalized spacial score (nSPS) is 12.9. The molecule has 0 fully saturated rings. The van der Waals surface area contributed by atoms with E-state index in [1.165, 1.54) is 11.1 Å². The van der Waals surface area contributed by atoms with Gasteiger partial charge < -0.3 is 9.80 Å². The van der Waals surface area contributed by atoms with Crippen LogP contribution >= 0.6 is 0 Å². The first-order chi connectivity index (χ1) is 14.7. The van der Waals surface area contributed by atoms with Crippen LogP contribution in [0.2, 0.25) is 0 Å². The van der Waals surface area contributed by atoms with E-state index < -0.39 is 0 Å². The third-order valence-corrected chi connectivity index (χ3v) is 5.68. The summed E-state index contributed by atoms with van der Waals surface area (Å²) in [5.74, 6) is -0.00705. The molecule has 0 radical (unpaired) electrons. The molecule has 0 saturated heterocycles. The molecule has 30 heavy (non-hydrogen) atoms. The molecule has 152 valence electrons. The molecule has 4 nitrogen and oxygen atoms in total. The first-order valence-electron chi connectivity index (χ1n) is 10.4. The number of amides is 2. The molecule has 1 aliphatic rings. The van der Waals surface area contributed by atoms with Crippen molar-refractivity contribution in [3.63, 3.8) is 0 Å². The summed E-state index contributed by atoms with van der Waals surface area (Å²) in [6.45, 7) is 4.53. The quantitative estimate of drug-likeness (QED) is 0.633. The highest BCUT2D eigenvalue weighted by molar-refractivity contribution is 5.98. The molecule has 2 amide bonds. The van der Waals surface area contributed by atoms with Crippen molar-refractivity contribution >= 4 is 11.8 Å². The number of fused-ring (bicyclic) bond motifs is 1. The average Bonchev–Trinajstić information content (AvgIpc) is 2.82. The molecule has 3 aromatic carbocycles. The van der Waals surface area contributed by atoms with Gasteiger partial charge in [0.05, 0.1) is 0 Å². The maximum atomic E-state index is 13.0. The summed E-state index contributed by atoms with van der Waals surface area (Å²) in [7, 11) is 0. The van der Waals surface area contributed by atoms with E-state index in [2.05, 4.69) is 12.1 Å². The number of benzene rings is 3. The smallest absolute Gasteiger partial charge is 0.254 e. The fraction of sp³-hybridized carbons (Fsp3) is 0.231. The molecule has 1 heterocycles. The van der Waals surface area contributed by atoms with Crippen LogP contribution in [0.5, 0.6) is 0 Å². The van der Waals surface area contributed by atoms with E-state index in [9.17, 15) is 9.59 Å². The highest BCUT2D eigenvalue weighted by Gasteiger charge is 2.22. The predicted octanol–water partition coefficient (Wildman–Crippen LogP) is 4.55. The Bertz CT molecular complexity index is 995. The maximum absolute atomic E-state index is 13.0. The Kier molecular flexibility index (Phi) is 5.94. The van der Waals surface area contributed by atoms with Crippen LogP contribution in [-0.4, -0.2) is 34.7 Å². The number of hydrogen-bond donors (Lipinski definition) is 0. The van der Waals surface area contributed by atoms with Crippen molar-refractivity contribution in [1.82, 2.24) is 9.80 Å². The van der Waals surface area contributed by atoms with Crippen LogP contribution in [0.3, 0.4) is 0 Å². The van der Waals surface area contributed by atoms with Crippen molar-refractivity contribution in [1.29, 1.82) is 0 Å². The maximum Gasteiger partial charge on any atom is 0.254 e. The standard InChI is InChI=1S/C26H26N2O2/c1-2-27(18-20-8-4-3-5-9-20)25(29)22-12-14-23(15-13-22)26(30)28-17-16-21-10-6-7-11-24(21)19-28/h3-15H,2,16-19H2,1H3. The molecule has 0 bridgehead atoms. The molecule has 0 unspecified atom stereocenters. The summed E-state index contributed by atoms with van der Waals surface area (Å²) < 4.78 is 0. The van der Waals surface area contributed by atoms with E-state index in [0.29, 0.717) is 30.8 Å². The Balaban J connectivity index is 1.44. The second-order valence-electron chi connectivity index (χ2n) is 7.63. The highest BCUT2D eigenvalue weighted by Crippen LogP contribution is 2.21. The Morgan fingerprint density at radius 3 is 2.17 bits per heavy atom. The minimum absolute atomic E-state index is 0.0140. The first kappa shape index (κ1) is 19.9. The van der Waals surface area contributed by atoms with Gasteiger partial charge in [-0.15, -0.1) is 0 Å². The SMILES string of the molecule is CCN(Cc1ccccc1)C(=O)c1ccc(C(=O)N2CCc3ccccc3C2)cc1. The van der Waals surface area contributed by atoms with Gasteiger partial charge >= 0.3 is 0 Å². The molecule has 0 atom stereocenters. The summed E-state index contributed by atoms with van der Waals surface area (Å²) in [6.07, 6.45) is 0.878. The van der Waals surface area contributed by atoms with Crippen molar-refractivity contribution in [3.8, 4) is 0 Å². The highest BCUT2D eigenvalue weighted by atomic mass is 16.2. The average molecular weight is 399 g/mol. The lowest BCUT2D eigenvalue weighted by Crippen LogP contribution is -2.36. The zero-order valence-electron chi connectivity index (χ0n) is 17.3. The molecular formula is C26H26N2O2. The van der Waals surface area contributed by atoms with Crippen LogP contribution in [0, 0.1) is 0 Å². The molecular weight excluding hydrogens is 372 g/mol. The summed E-state index contributed by atoms with van der Waals surface area (Å²) in [5.41, 5.74) is 4.86. The van der Waals surface area contributed by atoms with Gasteiger partial charge in [-0.3, -0.25) is 9.59 Å². The van der Waals surface area contributed by atoms with Crippen molar-refractivity contribution in [3.05, 3.63) is 107 Å². The van der Waals surface area contributed by atoms with Crippen LogP contribution in [-0.2, 0) is 19.5 Å². The summed E-state index contributed by atoms with van der Waals surface area (Å²) >= 11 is 0. The third-order valence-electron chi connectivity index (χ3n) is 5.68. The minimum Gasteiger partial charge on any atom is -0.335 e. The molecule has 0 N–H and O–H groups in total. The lowest BCUT2D eigenvalue weighted by molar-refractivity contribution is 0.0729. The van der Waals surface area contributed by atoms with Crippen molar-refractivity contribution < 1.29 is 9.59 Å². The number of carbonyl (C=O) groups excluding carboxylic acids is 2. The Labute approximate surface area is 177 Å². The van der Waals surface area contributed by atoms with Gasteiger partial charge in [-0.1, -0.05) is 54.6 Å². The number of rotatable bonds is 5. The molecule has 1 aliphatic heterocycles. The van der Waals surface area contributed by atoms with Crippen LogP contribution in [0.25, 0.3) is 0 Å². The largest absolute Gasteiger partial charge is 0.335 e. The fourth-order valence-electron chi connectivity index (χ4n) is 3.92. The predicted molar refractivity (Wildman–Crippen MR) is 118 cm³/mol. The first-order valence-corrected chi connectivity index (χ1v) is 10.4. The fourth-order valence-corrected chi connectivity index (χ4v) is 3.92. The Morgan fingerprint density at radius 1 is 0.833 bits per heavy atom. The molecule has 0 saturated carbocycles. The third kappa shape index (κ3) is 4.28. The second-order valence-corrected chi connectivity index (χ2v) is 7.63. The van der Waals surface area contributed by atoms with Gasteiger partial charge in [-0.05, 0) is 54.3 Å².